The van der Waals surface area contributed by atoms with Crippen molar-refractivity contribution in [2.75, 3.05) is 13.7 Å². The van der Waals surface area contributed by atoms with Gasteiger partial charge in [0.2, 0.25) is 5.91 Å². The summed E-state index contributed by atoms with van der Waals surface area (Å²) in [6.07, 6.45) is 3.19. The van der Waals surface area contributed by atoms with Crippen LogP contribution in [0.5, 0.6) is 0 Å². The molecule has 88 valence electrons. The zero-order chi connectivity index (χ0) is 12.0. The molecule has 0 bridgehead atoms. The van der Waals surface area contributed by atoms with E-state index in [-0.39, 0.29) is 11.9 Å². The molecule has 1 atom stereocenters. The van der Waals surface area contributed by atoms with Gasteiger partial charge in [0, 0.05) is 24.6 Å². The highest BCUT2D eigenvalue weighted by Gasteiger charge is 2.03. The van der Waals surface area contributed by atoms with Crippen LogP contribution in [-0.2, 0) is 9.53 Å². The van der Waals surface area contributed by atoms with E-state index in [4.69, 9.17) is 4.74 Å². The first-order valence-corrected chi connectivity index (χ1v) is 5.89. The second-order valence-electron chi connectivity index (χ2n) is 3.49. The third-order valence-corrected chi connectivity index (χ3v) is 2.64. The number of methoxy groups -OCH3 is 1. The highest BCUT2D eigenvalue weighted by atomic mass is 32.1. The third kappa shape index (κ3) is 4.55. The van der Waals surface area contributed by atoms with E-state index in [0.717, 1.165) is 10.7 Å². The molecule has 0 aliphatic rings. The maximum atomic E-state index is 11.4. The van der Waals surface area contributed by atoms with Crippen molar-refractivity contribution in [2.24, 2.45) is 0 Å². The van der Waals surface area contributed by atoms with E-state index < -0.39 is 0 Å². The Morgan fingerprint density at radius 1 is 1.75 bits per heavy atom. The predicted octanol–water partition coefficient (Wildman–Crippen LogP) is 1.62. The standard InChI is InChI=1S/C11H16N2O2S/c1-8(6-15-3)12-11(14)5-4-10-7-16-9(2)13-10/h4-5,7-8H,6H2,1-3H3,(H,12,14)/b5-4+. The van der Waals surface area contributed by atoms with Crippen LogP contribution in [0, 0.1) is 6.92 Å². The number of hydrogen-bond acceptors (Lipinski definition) is 4. The number of aryl methyl sites for hydroxylation is 1. The summed E-state index contributed by atoms with van der Waals surface area (Å²) >= 11 is 1.56. The average Bonchev–Trinajstić information content (AvgIpc) is 2.61. The fourth-order valence-electron chi connectivity index (χ4n) is 1.20. The Morgan fingerprint density at radius 3 is 3.06 bits per heavy atom. The van der Waals surface area contributed by atoms with Gasteiger partial charge >= 0.3 is 0 Å². The molecule has 0 aliphatic heterocycles. The summed E-state index contributed by atoms with van der Waals surface area (Å²) in [7, 11) is 1.61. The van der Waals surface area contributed by atoms with Crippen molar-refractivity contribution >= 4 is 23.3 Å². The van der Waals surface area contributed by atoms with Gasteiger partial charge in [-0.2, -0.15) is 0 Å². The number of carbonyl (C=O) groups excluding carboxylic acids is 1. The van der Waals surface area contributed by atoms with E-state index in [1.54, 1.807) is 24.5 Å². The minimum Gasteiger partial charge on any atom is -0.383 e. The Balaban J connectivity index is 2.42. The van der Waals surface area contributed by atoms with Crippen molar-refractivity contribution in [3.63, 3.8) is 0 Å². The van der Waals surface area contributed by atoms with Gasteiger partial charge in [-0.15, -0.1) is 11.3 Å². The van der Waals surface area contributed by atoms with Gasteiger partial charge in [0.25, 0.3) is 0 Å². The lowest BCUT2D eigenvalue weighted by atomic mass is 10.3. The zero-order valence-corrected chi connectivity index (χ0v) is 10.5. The quantitative estimate of drug-likeness (QED) is 0.796. The second kappa shape index (κ2) is 6.40. The van der Waals surface area contributed by atoms with Crippen LogP contribution in [0.4, 0.5) is 0 Å². The van der Waals surface area contributed by atoms with Crippen LogP contribution < -0.4 is 5.32 Å². The van der Waals surface area contributed by atoms with Crippen LogP contribution in [0.1, 0.15) is 17.6 Å². The van der Waals surface area contributed by atoms with E-state index in [1.807, 2.05) is 19.2 Å². The molecule has 0 saturated heterocycles. The molecule has 0 aromatic carbocycles. The summed E-state index contributed by atoms with van der Waals surface area (Å²) in [6, 6.07) is 0.0133. The monoisotopic (exact) mass is 240 g/mol. The van der Waals surface area contributed by atoms with E-state index in [2.05, 4.69) is 10.3 Å². The number of rotatable bonds is 5. The van der Waals surface area contributed by atoms with Crippen molar-refractivity contribution in [1.29, 1.82) is 0 Å². The lowest BCUT2D eigenvalue weighted by Gasteiger charge is -2.10. The number of aromatic nitrogens is 1. The first-order chi connectivity index (χ1) is 7.61. The van der Waals surface area contributed by atoms with Gasteiger partial charge in [-0.05, 0) is 19.9 Å². The molecule has 4 nitrogen and oxygen atoms in total. The van der Waals surface area contributed by atoms with Crippen LogP contribution in [0.3, 0.4) is 0 Å². The second-order valence-corrected chi connectivity index (χ2v) is 4.55. The SMILES string of the molecule is COCC(C)NC(=O)/C=C/c1csc(C)n1. The van der Waals surface area contributed by atoms with Gasteiger partial charge in [-0.25, -0.2) is 4.98 Å². The van der Waals surface area contributed by atoms with Crippen LogP contribution >= 0.6 is 11.3 Å². The lowest BCUT2D eigenvalue weighted by molar-refractivity contribution is -0.117. The Hall–Kier alpha value is -1.20. The van der Waals surface area contributed by atoms with Crippen LogP contribution in [0.15, 0.2) is 11.5 Å². The van der Waals surface area contributed by atoms with Crippen LogP contribution in [0.2, 0.25) is 0 Å². The number of nitrogens with one attached hydrogen (secondary N) is 1. The number of hydrogen-bond donors (Lipinski definition) is 1. The average molecular weight is 240 g/mol. The van der Waals surface area contributed by atoms with Gasteiger partial charge < -0.3 is 10.1 Å². The molecule has 1 amide bonds. The Morgan fingerprint density at radius 2 is 2.50 bits per heavy atom. The third-order valence-electron chi connectivity index (χ3n) is 1.85. The molecule has 1 heterocycles. The molecular weight excluding hydrogens is 224 g/mol. The first-order valence-electron chi connectivity index (χ1n) is 5.01. The van der Waals surface area contributed by atoms with E-state index >= 15 is 0 Å². The van der Waals surface area contributed by atoms with Crippen molar-refractivity contribution in [3.05, 3.63) is 22.2 Å². The minimum absolute atomic E-state index is 0.0133. The first kappa shape index (κ1) is 12.9. The normalized spacial score (nSPS) is 12.9. The van der Waals surface area contributed by atoms with Gasteiger partial charge in [-0.3, -0.25) is 4.79 Å². The smallest absolute Gasteiger partial charge is 0.244 e. The number of thiazole rings is 1. The van der Waals surface area contributed by atoms with E-state index in [9.17, 15) is 4.79 Å². The summed E-state index contributed by atoms with van der Waals surface area (Å²) in [5, 5.41) is 5.69. The topological polar surface area (TPSA) is 51.2 Å². The molecular formula is C11H16N2O2S. The summed E-state index contributed by atoms with van der Waals surface area (Å²) in [5.74, 6) is -0.129. The number of ether oxygens (including phenoxy) is 1. The van der Waals surface area contributed by atoms with Crippen molar-refractivity contribution < 1.29 is 9.53 Å². The summed E-state index contributed by atoms with van der Waals surface area (Å²) in [5.41, 5.74) is 0.817. The summed E-state index contributed by atoms with van der Waals surface area (Å²) in [6.45, 7) is 4.33. The zero-order valence-electron chi connectivity index (χ0n) is 9.69. The van der Waals surface area contributed by atoms with Gasteiger partial charge in [0.1, 0.15) is 0 Å². The molecule has 1 aromatic heterocycles. The summed E-state index contributed by atoms with van der Waals surface area (Å²) < 4.78 is 4.92. The summed E-state index contributed by atoms with van der Waals surface area (Å²) in [4.78, 5) is 15.7. The number of nitrogens with zero attached hydrogens (tertiary/aromatic N) is 1. The Labute approximate surface area is 99.3 Å². The van der Waals surface area contributed by atoms with Gasteiger partial charge in [0.15, 0.2) is 0 Å². The molecule has 0 radical (unpaired) electrons. The highest BCUT2D eigenvalue weighted by molar-refractivity contribution is 7.09. The molecule has 0 aliphatic carbocycles. The van der Waals surface area contributed by atoms with E-state index in [0.29, 0.717) is 6.61 Å². The van der Waals surface area contributed by atoms with Gasteiger partial charge in [-0.1, -0.05) is 0 Å². The largest absolute Gasteiger partial charge is 0.383 e. The molecule has 0 fully saturated rings. The van der Waals surface area contributed by atoms with Gasteiger partial charge in [0.05, 0.1) is 17.3 Å². The maximum absolute atomic E-state index is 11.4. The highest BCUT2D eigenvalue weighted by Crippen LogP contribution is 2.08. The van der Waals surface area contributed by atoms with Crippen LogP contribution in [0.25, 0.3) is 6.08 Å². The molecule has 0 spiro atoms. The fourth-order valence-corrected chi connectivity index (χ4v) is 1.78. The fraction of sp³-hybridized carbons (Fsp3) is 0.455. The molecule has 16 heavy (non-hydrogen) atoms. The minimum atomic E-state index is -0.129. The molecule has 1 unspecified atom stereocenters. The van der Waals surface area contributed by atoms with Crippen molar-refractivity contribution in [2.45, 2.75) is 19.9 Å². The molecule has 0 saturated carbocycles. The maximum Gasteiger partial charge on any atom is 0.244 e. The van der Waals surface area contributed by atoms with Crippen molar-refractivity contribution in [1.82, 2.24) is 10.3 Å². The molecule has 1 aromatic rings. The van der Waals surface area contributed by atoms with Crippen molar-refractivity contribution in [3.8, 4) is 0 Å². The number of carbonyl (C=O) groups is 1. The molecule has 1 N–H and O–H groups in total. The Bertz CT molecular complexity index is 374. The molecule has 1 rings (SSSR count). The van der Waals surface area contributed by atoms with Crippen LogP contribution in [-0.4, -0.2) is 30.6 Å². The predicted molar refractivity (Wildman–Crippen MR) is 65.4 cm³/mol. The number of amides is 1. The lowest BCUT2D eigenvalue weighted by Crippen LogP contribution is -2.34. The van der Waals surface area contributed by atoms with E-state index in [1.165, 1.54) is 6.08 Å². The molecule has 5 heteroatoms. The Kier molecular flexibility index (Phi) is 5.14.